The number of nitrogens with one attached hydrogen (secondary N) is 3. The molecule has 6 heteroatoms. The van der Waals surface area contributed by atoms with Gasteiger partial charge in [-0.25, -0.2) is 0 Å². The summed E-state index contributed by atoms with van der Waals surface area (Å²) in [6.07, 6.45) is 2.62. The Balaban J connectivity index is 1.49. The van der Waals surface area contributed by atoms with E-state index in [1.165, 1.54) is 0 Å². The summed E-state index contributed by atoms with van der Waals surface area (Å²) in [7, 11) is 0. The fraction of sp³-hybridized carbons (Fsp3) is 0.412. The van der Waals surface area contributed by atoms with Crippen LogP contribution in [0.4, 0.5) is 0 Å². The average molecular weight is 315 g/mol. The lowest BCUT2D eigenvalue weighted by Crippen LogP contribution is -2.41. The van der Waals surface area contributed by atoms with Crippen LogP contribution in [0.2, 0.25) is 0 Å². The highest BCUT2D eigenvalue weighted by molar-refractivity contribution is 5.99. The fourth-order valence-electron chi connectivity index (χ4n) is 3.10. The van der Waals surface area contributed by atoms with Crippen LogP contribution in [-0.2, 0) is 4.79 Å². The molecule has 4 N–H and O–H groups in total. The van der Waals surface area contributed by atoms with Crippen LogP contribution >= 0.6 is 0 Å². The summed E-state index contributed by atoms with van der Waals surface area (Å²) in [5, 5.41) is 15.6. The molecule has 0 unspecified atom stereocenters. The minimum atomic E-state index is -0.295. The number of para-hydroxylation sites is 1. The quantitative estimate of drug-likeness (QED) is 0.667. The average Bonchev–Trinajstić information content (AvgIpc) is 3.18. The molecule has 0 spiro atoms. The van der Waals surface area contributed by atoms with Gasteiger partial charge in [-0.2, -0.15) is 0 Å². The first-order valence-corrected chi connectivity index (χ1v) is 7.92. The molecule has 1 heterocycles. The molecule has 2 aromatic rings. The summed E-state index contributed by atoms with van der Waals surface area (Å²) in [4.78, 5) is 27.0. The number of hydrogen-bond acceptors (Lipinski definition) is 3. The predicted octanol–water partition coefficient (Wildman–Crippen LogP) is 1.17. The van der Waals surface area contributed by atoms with Gasteiger partial charge in [0.2, 0.25) is 5.91 Å². The largest absolute Gasteiger partial charge is 0.396 e. The SMILES string of the molecule is O=C(CNC(=O)c1cc2ccccc2[nH]1)N[C@H]1CC[C@@H](CO)C1. The molecular formula is C17H21N3O3. The van der Waals surface area contributed by atoms with E-state index in [0.717, 1.165) is 30.2 Å². The lowest BCUT2D eigenvalue weighted by molar-refractivity contribution is -0.120. The van der Waals surface area contributed by atoms with Crippen LogP contribution in [0.5, 0.6) is 0 Å². The van der Waals surface area contributed by atoms with Crippen molar-refractivity contribution in [2.75, 3.05) is 13.2 Å². The van der Waals surface area contributed by atoms with Gasteiger partial charge in [-0.3, -0.25) is 9.59 Å². The zero-order valence-corrected chi connectivity index (χ0v) is 12.8. The Kier molecular flexibility index (Phi) is 4.62. The zero-order valence-electron chi connectivity index (χ0n) is 12.8. The van der Waals surface area contributed by atoms with Crippen molar-refractivity contribution in [2.24, 2.45) is 5.92 Å². The number of aromatic nitrogens is 1. The van der Waals surface area contributed by atoms with Crippen molar-refractivity contribution in [2.45, 2.75) is 25.3 Å². The Labute approximate surface area is 134 Å². The molecule has 6 nitrogen and oxygen atoms in total. The van der Waals surface area contributed by atoms with Crippen LogP contribution in [0.1, 0.15) is 29.8 Å². The molecule has 1 fully saturated rings. The van der Waals surface area contributed by atoms with Gasteiger partial charge in [0.1, 0.15) is 5.69 Å². The van der Waals surface area contributed by atoms with Crippen LogP contribution < -0.4 is 10.6 Å². The van der Waals surface area contributed by atoms with Crippen molar-refractivity contribution in [3.63, 3.8) is 0 Å². The van der Waals surface area contributed by atoms with Crippen molar-refractivity contribution >= 4 is 22.7 Å². The first-order valence-electron chi connectivity index (χ1n) is 7.92. The predicted molar refractivity (Wildman–Crippen MR) is 87.0 cm³/mol. The molecule has 1 saturated carbocycles. The summed E-state index contributed by atoms with van der Waals surface area (Å²) < 4.78 is 0. The van der Waals surface area contributed by atoms with Gasteiger partial charge in [0.15, 0.2) is 0 Å². The number of fused-ring (bicyclic) bond motifs is 1. The monoisotopic (exact) mass is 315 g/mol. The summed E-state index contributed by atoms with van der Waals surface area (Å²) in [5.74, 6) is -0.213. The number of carbonyl (C=O) groups is 2. The number of amides is 2. The van der Waals surface area contributed by atoms with Crippen LogP contribution in [0.15, 0.2) is 30.3 Å². The highest BCUT2D eigenvalue weighted by Gasteiger charge is 2.25. The number of H-pyrrole nitrogens is 1. The second kappa shape index (κ2) is 6.83. The second-order valence-electron chi connectivity index (χ2n) is 6.08. The maximum Gasteiger partial charge on any atom is 0.268 e. The van der Waals surface area contributed by atoms with Gasteiger partial charge in [0.05, 0.1) is 6.54 Å². The van der Waals surface area contributed by atoms with Gasteiger partial charge in [-0.05, 0) is 37.3 Å². The van der Waals surface area contributed by atoms with E-state index in [1.807, 2.05) is 24.3 Å². The molecule has 2 amide bonds. The zero-order chi connectivity index (χ0) is 16.2. The Morgan fingerprint density at radius 2 is 2.09 bits per heavy atom. The molecule has 0 radical (unpaired) electrons. The summed E-state index contributed by atoms with van der Waals surface area (Å²) in [6, 6.07) is 9.50. The molecule has 1 aliphatic carbocycles. The van der Waals surface area contributed by atoms with Crippen molar-refractivity contribution in [3.8, 4) is 0 Å². The Bertz CT molecular complexity index is 677. The topological polar surface area (TPSA) is 94.2 Å². The first kappa shape index (κ1) is 15.6. The minimum absolute atomic E-state index is 0.0471. The molecule has 1 aromatic heterocycles. The highest BCUT2D eigenvalue weighted by atomic mass is 16.3. The second-order valence-corrected chi connectivity index (χ2v) is 6.08. The molecule has 0 aliphatic heterocycles. The van der Waals surface area contributed by atoms with Crippen LogP contribution in [0, 0.1) is 5.92 Å². The summed E-state index contributed by atoms with van der Waals surface area (Å²) in [6.45, 7) is 0.123. The molecular weight excluding hydrogens is 294 g/mol. The third kappa shape index (κ3) is 3.71. The molecule has 0 saturated heterocycles. The maximum absolute atomic E-state index is 12.1. The Hall–Kier alpha value is -2.34. The van der Waals surface area contributed by atoms with E-state index in [4.69, 9.17) is 5.11 Å². The highest BCUT2D eigenvalue weighted by Crippen LogP contribution is 2.24. The van der Waals surface area contributed by atoms with Crippen molar-refractivity contribution in [1.82, 2.24) is 15.6 Å². The van der Waals surface area contributed by atoms with Gasteiger partial charge < -0.3 is 20.7 Å². The van der Waals surface area contributed by atoms with Crippen LogP contribution in [0.3, 0.4) is 0 Å². The molecule has 1 aromatic carbocycles. The normalized spacial score (nSPS) is 20.6. The van der Waals surface area contributed by atoms with Crippen molar-refractivity contribution in [1.29, 1.82) is 0 Å². The summed E-state index contributed by atoms with van der Waals surface area (Å²) >= 11 is 0. The number of aromatic amines is 1. The number of aliphatic hydroxyl groups excluding tert-OH is 1. The van der Waals surface area contributed by atoms with Crippen molar-refractivity contribution in [3.05, 3.63) is 36.0 Å². The van der Waals surface area contributed by atoms with E-state index >= 15 is 0 Å². The Morgan fingerprint density at radius 1 is 1.26 bits per heavy atom. The lowest BCUT2D eigenvalue weighted by Gasteiger charge is -2.13. The number of carbonyl (C=O) groups excluding carboxylic acids is 2. The molecule has 2 atom stereocenters. The van der Waals surface area contributed by atoms with Gasteiger partial charge in [0.25, 0.3) is 5.91 Å². The smallest absolute Gasteiger partial charge is 0.268 e. The van der Waals surface area contributed by atoms with Gasteiger partial charge in [-0.1, -0.05) is 18.2 Å². The van der Waals surface area contributed by atoms with Gasteiger partial charge in [0, 0.05) is 23.6 Å². The third-order valence-corrected chi connectivity index (χ3v) is 4.35. The van der Waals surface area contributed by atoms with E-state index in [0.29, 0.717) is 5.69 Å². The molecule has 1 aliphatic rings. The van der Waals surface area contributed by atoms with E-state index in [-0.39, 0.29) is 36.9 Å². The Morgan fingerprint density at radius 3 is 2.83 bits per heavy atom. The van der Waals surface area contributed by atoms with E-state index in [1.54, 1.807) is 6.07 Å². The maximum atomic E-state index is 12.1. The van der Waals surface area contributed by atoms with Crippen molar-refractivity contribution < 1.29 is 14.7 Å². The lowest BCUT2D eigenvalue weighted by atomic mass is 10.1. The van der Waals surface area contributed by atoms with Gasteiger partial charge in [-0.15, -0.1) is 0 Å². The number of rotatable bonds is 5. The standard InChI is InChI=1S/C17H21N3O3/c21-10-11-5-6-13(7-11)19-16(22)9-18-17(23)15-8-12-3-1-2-4-14(12)20-15/h1-4,8,11,13,20-21H,5-7,9-10H2,(H,18,23)(H,19,22)/t11-,13+/m1/s1. The molecule has 23 heavy (non-hydrogen) atoms. The van der Waals surface area contributed by atoms with E-state index in [2.05, 4.69) is 15.6 Å². The van der Waals surface area contributed by atoms with Gasteiger partial charge >= 0.3 is 0 Å². The first-order chi connectivity index (χ1) is 11.2. The molecule has 3 rings (SSSR count). The van der Waals surface area contributed by atoms with E-state index in [9.17, 15) is 9.59 Å². The number of hydrogen-bond donors (Lipinski definition) is 4. The molecule has 0 bridgehead atoms. The van der Waals surface area contributed by atoms with Crippen LogP contribution in [0.25, 0.3) is 10.9 Å². The number of aliphatic hydroxyl groups is 1. The van der Waals surface area contributed by atoms with E-state index < -0.39 is 0 Å². The fourth-order valence-corrected chi connectivity index (χ4v) is 3.10. The number of benzene rings is 1. The summed E-state index contributed by atoms with van der Waals surface area (Å²) in [5.41, 5.74) is 1.34. The third-order valence-electron chi connectivity index (χ3n) is 4.35. The van der Waals surface area contributed by atoms with Crippen LogP contribution in [-0.4, -0.2) is 41.1 Å². The molecule has 122 valence electrons. The minimum Gasteiger partial charge on any atom is -0.396 e.